The van der Waals surface area contributed by atoms with E-state index >= 15 is 0 Å². The molecule has 4 aromatic rings. The predicted molar refractivity (Wildman–Crippen MR) is 172 cm³/mol. The third kappa shape index (κ3) is 8.91. The number of ether oxygens (including phenoxy) is 2. The largest absolute Gasteiger partial charge is 0.493 e. The van der Waals surface area contributed by atoms with Gasteiger partial charge in [0.15, 0.2) is 0 Å². The van der Waals surface area contributed by atoms with Gasteiger partial charge in [-0.15, -0.1) is 0 Å². The van der Waals surface area contributed by atoms with Crippen molar-refractivity contribution < 1.29 is 49.1 Å². The maximum absolute atomic E-state index is 12.7. The van der Waals surface area contributed by atoms with Gasteiger partial charge in [0.25, 0.3) is 17.3 Å². The molecule has 16 heteroatoms. The number of hydrogen-bond donors (Lipinski definition) is 5. The summed E-state index contributed by atoms with van der Waals surface area (Å²) in [5.41, 5.74) is 0.529. The van der Waals surface area contributed by atoms with Crippen LogP contribution in [0.3, 0.4) is 0 Å². The molecule has 49 heavy (non-hydrogen) atoms. The van der Waals surface area contributed by atoms with Crippen LogP contribution in [0.4, 0.5) is 17.1 Å². The Bertz CT molecular complexity index is 1890. The summed E-state index contributed by atoms with van der Waals surface area (Å²) in [4.78, 5) is 57.0. The Kier molecular flexibility index (Phi) is 10.9. The zero-order valence-corrected chi connectivity index (χ0v) is 26.0. The summed E-state index contributed by atoms with van der Waals surface area (Å²) in [5, 5.41) is 53.7. The molecule has 0 spiro atoms. The molecule has 5 N–H and O–H groups in total. The van der Waals surface area contributed by atoms with E-state index in [2.05, 4.69) is 5.32 Å². The van der Waals surface area contributed by atoms with Crippen LogP contribution in [0.1, 0.15) is 62.1 Å². The third-order valence-electron chi connectivity index (χ3n) is 7.19. The number of aromatic carboxylic acids is 2. The Labute approximate surface area is 277 Å². The van der Waals surface area contributed by atoms with Crippen molar-refractivity contribution >= 4 is 34.9 Å². The minimum Gasteiger partial charge on any atom is -0.493 e. The molecule has 0 saturated carbocycles. The molecule has 0 saturated heterocycles. The zero-order valence-electron chi connectivity index (χ0n) is 26.0. The van der Waals surface area contributed by atoms with Crippen LogP contribution < -0.4 is 20.3 Å². The fourth-order valence-electron chi connectivity index (χ4n) is 4.63. The van der Waals surface area contributed by atoms with Gasteiger partial charge < -0.3 is 30.2 Å². The molecular weight excluding hydrogens is 644 g/mol. The average Bonchev–Trinajstić information content (AvgIpc) is 3.07. The number of amides is 1. The van der Waals surface area contributed by atoms with Gasteiger partial charge in [0, 0.05) is 35.4 Å². The molecule has 16 nitrogen and oxygen atoms in total. The number of carbonyl (C=O) groups excluding carboxylic acids is 1. The third-order valence-corrected chi connectivity index (χ3v) is 7.19. The average molecular weight is 675 g/mol. The summed E-state index contributed by atoms with van der Waals surface area (Å²) in [6.45, 7) is 4.23. The van der Waals surface area contributed by atoms with Gasteiger partial charge in [-0.3, -0.25) is 25.0 Å². The summed E-state index contributed by atoms with van der Waals surface area (Å²) >= 11 is 0. The molecule has 0 aliphatic carbocycles. The molecule has 4 rings (SSSR count). The maximum atomic E-state index is 12.7. The summed E-state index contributed by atoms with van der Waals surface area (Å²) in [6.07, 6.45) is 0. The number of nitrogens with one attached hydrogen (secondary N) is 2. The van der Waals surface area contributed by atoms with Gasteiger partial charge in [0.2, 0.25) is 0 Å². The van der Waals surface area contributed by atoms with Crippen LogP contribution in [0.25, 0.3) is 0 Å². The topological polar surface area (TPSA) is 241 Å². The second kappa shape index (κ2) is 15.0. The van der Waals surface area contributed by atoms with Crippen molar-refractivity contribution in [3.05, 3.63) is 133 Å². The van der Waals surface area contributed by atoms with Gasteiger partial charge in [0.05, 0.1) is 45.8 Å². The first-order valence-corrected chi connectivity index (χ1v) is 14.4. The van der Waals surface area contributed by atoms with Crippen LogP contribution in [0.5, 0.6) is 11.5 Å². The van der Waals surface area contributed by atoms with Crippen molar-refractivity contribution in [3.8, 4) is 11.5 Å². The van der Waals surface area contributed by atoms with Crippen LogP contribution in [0, 0.1) is 25.6 Å². The Balaban J connectivity index is 1.35. The highest BCUT2D eigenvalue weighted by Crippen LogP contribution is 2.30. The fraction of sp³-hybridized carbons (Fsp3) is 0.182. The van der Waals surface area contributed by atoms with Gasteiger partial charge >= 0.3 is 11.9 Å². The molecule has 0 heterocycles. The molecule has 254 valence electrons. The minimum atomic E-state index is -1.41. The number of carboxylic acids is 2. The lowest BCUT2D eigenvalue weighted by molar-refractivity contribution is -0.385. The highest BCUT2D eigenvalue weighted by atomic mass is 16.6. The summed E-state index contributed by atoms with van der Waals surface area (Å²) < 4.78 is 11.8. The SMILES string of the molecule is CC(C)(COc1ccc(NC(=O)c2cc([N+](=O)[O-])ccc2C(=O)O)cc1)COc1ccc(C(NO)c2cc([N+](=O)[O-])ccc2C(=O)O)cc1. The second-order valence-electron chi connectivity index (χ2n) is 11.5. The lowest BCUT2D eigenvalue weighted by Gasteiger charge is -2.25. The number of nitrogens with zero attached hydrogens (tertiary/aromatic N) is 2. The highest BCUT2D eigenvalue weighted by molar-refractivity contribution is 6.11. The quantitative estimate of drug-likeness (QED) is 0.0751. The standard InChI is InChI=1S/C33H30N4O12/c1-33(2,17-48-23-9-3-19(4-10-23)29(35-43)27-15-21(36(44)45)7-13-25(27)31(39)40)18-49-24-11-5-20(6-12-24)34-30(38)28-16-22(37(46)47)8-14-26(28)32(41)42/h3-16,29,35,43H,17-18H2,1-2H3,(H,34,38)(H,39,40)(H,41,42). The maximum Gasteiger partial charge on any atom is 0.336 e. The minimum absolute atomic E-state index is 0.00126. The van der Waals surface area contributed by atoms with Crippen LogP contribution >= 0.6 is 0 Å². The molecule has 0 aliphatic heterocycles. The van der Waals surface area contributed by atoms with Crippen molar-refractivity contribution in [1.29, 1.82) is 0 Å². The van der Waals surface area contributed by atoms with Crippen molar-refractivity contribution in [1.82, 2.24) is 5.48 Å². The first-order chi connectivity index (χ1) is 23.2. The molecule has 4 aromatic carbocycles. The van der Waals surface area contributed by atoms with Gasteiger partial charge in [0.1, 0.15) is 11.5 Å². The predicted octanol–water partition coefficient (Wildman–Crippen LogP) is 5.70. The van der Waals surface area contributed by atoms with E-state index in [-0.39, 0.29) is 41.2 Å². The summed E-state index contributed by atoms with van der Waals surface area (Å²) in [6, 6.07) is 17.7. The van der Waals surface area contributed by atoms with Crippen molar-refractivity contribution in [2.45, 2.75) is 19.9 Å². The van der Waals surface area contributed by atoms with E-state index in [9.17, 15) is 50.0 Å². The number of nitro benzene ring substituents is 2. The van der Waals surface area contributed by atoms with E-state index in [1.54, 1.807) is 36.4 Å². The Morgan fingerprint density at radius 3 is 1.71 bits per heavy atom. The first-order valence-electron chi connectivity index (χ1n) is 14.4. The second-order valence-corrected chi connectivity index (χ2v) is 11.5. The lowest BCUT2D eigenvalue weighted by atomic mass is 9.94. The van der Waals surface area contributed by atoms with Crippen molar-refractivity contribution in [3.63, 3.8) is 0 Å². The highest BCUT2D eigenvalue weighted by Gasteiger charge is 2.25. The Morgan fingerprint density at radius 1 is 0.735 bits per heavy atom. The van der Waals surface area contributed by atoms with Crippen LogP contribution in [0.2, 0.25) is 0 Å². The number of anilines is 1. The number of hydrogen-bond acceptors (Lipinski definition) is 11. The normalized spacial score (nSPS) is 11.7. The number of hydroxylamine groups is 1. The molecule has 1 unspecified atom stereocenters. The van der Waals surface area contributed by atoms with Crippen molar-refractivity contribution in [2.75, 3.05) is 18.5 Å². The smallest absolute Gasteiger partial charge is 0.336 e. The molecular formula is C33H30N4O12. The number of carbonyl (C=O) groups is 3. The number of nitro groups is 2. The fourth-order valence-corrected chi connectivity index (χ4v) is 4.63. The lowest BCUT2D eigenvalue weighted by Crippen LogP contribution is -2.28. The first kappa shape index (κ1) is 35.5. The van der Waals surface area contributed by atoms with Crippen LogP contribution in [0.15, 0.2) is 84.9 Å². The van der Waals surface area contributed by atoms with Gasteiger partial charge in [-0.2, -0.15) is 5.48 Å². The molecule has 0 bridgehead atoms. The van der Waals surface area contributed by atoms with E-state index in [1.165, 1.54) is 12.1 Å². The molecule has 0 fully saturated rings. The van der Waals surface area contributed by atoms with Gasteiger partial charge in [-0.25, -0.2) is 9.59 Å². The van der Waals surface area contributed by atoms with E-state index < -0.39 is 44.8 Å². The Morgan fingerprint density at radius 2 is 1.22 bits per heavy atom. The zero-order chi connectivity index (χ0) is 35.9. The monoisotopic (exact) mass is 674 g/mol. The Hall–Kier alpha value is -6.39. The van der Waals surface area contributed by atoms with E-state index in [0.29, 0.717) is 22.7 Å². The van der Waals surface area contributed by atoms with Crippen LogP contribution in [-0.4, -0.2) is 56.3 Å². The van der Waals surface area contributed by atoms with E-state index in [4.69, 9.17) is 9.47 Å². The van der Waals surface area contributed by atoms with Gasteiger partial charge in [-0.05, 0) is 59.7 Å². The molecule has 0 aliphatic rings. The van der Waals surface area contributed by atoms with Gasteiger partial charge in [-0.1, -0.05) is 26.0 Å². The number of non-ortho nitro benzene ring substituents is 2. The number of carboxylic acid groups (broad SMARTS) is 2. The molecule has 0 aromatic heterocycles. The van der Waals surface area contributed by atoms with Crippen molar-refractivity contribution in [2.24, 2.45) is 5.41 Å². The summed E-state index contributed by atoms with van der Waals surface area (Å²) in [5.74, 6) is -2.64. The molecule has 0 radical (unpaired) electrons. The van der Waals surface area contributed by atoms with E-state index in [0.717, 1.165) is 36.4 Å². The summed E-state index contributed by atoms with van der Waals surface area (Å²) in [7, 11) is 0. The molecule has 1 atom stereocenters. The molecule has 1 amide bonds. The number of benzene rings is 4. The van der Waals surface area contributed by atoms with E-state index in [1.807, 2.05) is 19.3 Å². The van der Waals surface area contributed by atoms with Crippen LogP contribution in [-0.2, 0) is 0 Å². The number of rotatable bonds is 15.